The van der Waals surface area contributed by atoms with Crippen molar-refractivity contribution in [3.8, 4) is 5.75 Å². The van der Waals surface area contributed by atoms with Crippen LogP contribution in [-0.2, 0) is 4.74 Å². The molecule has 1 fully saturated rings. The molecule has 1 aromatic carbocycles. The van der Waals surface area contributed by atoms with Crippen LogP contribution >= 0.6 is 12.4 Å². The molecule has 1 heterocycles. The SMILES string of the molecule is CC1(C)COC(=O)N[C@H]1c1ccc(O)cc1F.Cl. The smallest absolute Gasteiger partial charge is 0.407 e. The van der Waals surface area contributed by atoms with Gasteiger partial charge >= 0.3 is 6.09 Å². The zero-order valence-corrected chi connectivity index (χ0v) is 10.9. The Kier molecular flexibility index (Phi) is 4.06. The van der Waals surface area contributed by atoms with Crippen LogP contribution in [0.1, 0.15) is 25.5 Å². The van der Waals surface area contributed by atoms with Gasteiger partial charge in [0, 0.05) is 17.0 Å². The first kappa shape index (κ1) is 14.6. The van der Waals surface area contributed by atoms with E-state index in [9.17, 15) is 9.18 Å². The molecule has 0 radical (unpaired) electrons. The summed E-state index contributed by atoms with van der Waals surface area (Å²) in [7, 11) is 0. The number of carbonyl (C=O) groups excluding carboxylic acids is 1. The second kappa shape index (κ2) is 5.02. The molecule has 0 bridgehead atoms. The zero-order chi connectivity index (χ0) is 12.6. The second-order valence-electron chi connectivity index (χ2n) is 4.85. The van der Waals surface area contributed by atoms with Crippen LogP contribution in [0.15, 0.2) is 18.2 Å². The van der Waals surface area contributed by atoms with Gasteiger partial charge < -0.3 is 15.2 Å². The first-order chi connectivity index (χ1) is 7.90. The molecule has 0 spiro atoms. The van der Waals surface area contributed by atoms with E-state index in [2.05, 4.69) is 5.32 Å². The Balaban J connectivity index is 0.00000162. The summed E-state index contributed by atoms with van der Waals surface area (Å²) in [6.45, 7) is 3.98. The van der Waals surface area contributed by atoms with Gasteiger partial charge in [0.05, 0.1) is 6.04 Å². The lowest BCUT2D eigenvalue weighted by Crippen LogP contribution is -2.47. The van der Waals surface area contributed by atoms with Crippen LogP contribution in [0, 0.1) is 11.2 Å². The van der Waals surface area contributed by atoms with Crippen LogP contribution in [0.5, 0.6) is 5.75 Å². The van der Waals surface area contributed by atoms with E-state index >= 15 is 0 Å². The summed E-state index contributed by atoms with van der Waals surface area (Å²) in [6, 6.07) is 3.44. The molecule has 0 unspecified atom stereocenters. The summed E-state index contributed by atoms with van der Waals surface area (Å²) >= 11 is 0. The van der Waals surface area contributed by atoms with Crippen molar-refractivity contribution < 1.29 is 19.0 Å². The molecule has 100 valence electrons. The van der Waals surface area contributed by atoms with Gasteiger partial charge in [0.2, 0.25) is 0 Å². The van der Waals surface area contributed by atoms with Crippen molar-refractivity contribution in [3.05, 3.63) is 29.6 Å². The Morgan fingerprint density at radius 3 is 2.78 bits per heavy atom. The van der Waals surface area contributed by atoms with Gasteiger partial charge in [-0.25, -0.2) is 9.18 Å². The van der Waals surface area contributed by atoms with Crippen molar-refractivity contribution in [1.82, 2.24) is 5.32 Å². The number of cyclic esters (lactones) is 1. The second-order valence-corrected chi connectivity index (χ2v) is 4.85. The van der Waals surface area contributed by atoms with Crippen LogP contribution in [0.4, 0.5) is 9.18 Å². The Labute approximate surface area is 111 Å². The van der Waals surface area contributed by atoms with Crippen LogP contribution in [0.25, 0.3) is 0 Å². The molecule has 1 aliphatic rings. The highest BCUT2D eigenvalue weighted by atomic mass is 35.5. The normalized spacial score (nSPS) is 21.5. The van der Waals surface area contributed by atoms with E-state index in [0.717, 1.165) is 6.07 Å². The monoisotopic (exact) mass is 275 g/mol. The Morgan fingerprint density at radius 2 is 2.17 bits per heavy atom. The van der Waals surface area contributed by atoms with Crippen LogP contribution < -0.4 is 5.32 Å². The number of carbonyl (C=O) groups is 1. The van der Waals surface area contributed by atoms with Gasteiger partial charge in [-0.15, -0.1) is 12.4 Å². The predicted octanol–water partition coefficient (Wildman–Crippen LogP) is 2.76. The van der Waals surface area contributed by atoms with E-state index < -0.39 is 23.4 Å². The minimum atomic E-state index is -0.554. The lowest BCUT2D eigenvalue weighted by atomic mass is 9.80. The highest BCUT2D eigenvalue weighted by Gasteiger charge is 2.39. The summed E-state index contributed by atoms with van der Waals surface area (Å²) in [6.07, 6.45) is -0.554. The number of ether oxygens (including phenoxy) is 1. The molecule has 1 aromatic rings. The number of alkyl carbamates (subject to hydrolysis) is 1. The van der Waals surface area contributed by atoms with E-state index in [4.69, 9.17) is 9.84 Å². The van der Waals surface area contributed by atoms with E-state index in [-0.39, 0.29) is 24.8 Å². The van der Waals surface area contributed by atoms with Gasteiger partial charge in [-0.2, -0.15) is 0 Å². The quantitative estimate of drug-likeness (QED) is 0.828. The van der Waals surface area contributed by atoms with Crippen molar-refractivity contribution >= 4 is 18.5 Å². The largest absolute Gasteiger partial charge is 0.508 e. The van der Waals surface area contributed by atoms with Crippen LogP contribution in [-0.4, -0.2) is 17.8 Å². The molecule has 2 N–H and O–H groups in total. The molecular weight excluding hydrogens is 261 g/mol. The molecule has 0 saturated carbocycles. The lowest BCUT2D eigenvalue weighted by Gasteiger charge is -2.38. The van der Waals surface area contributed by atoms with Crippen molar-refractivity contribution in [3.63, 3.8) is 0 Å². The van der Waals surface area contributed by atoms with Gasteiger partial charge in [-0.05, 0) is 6.07 Å². The first-order valence-electron chi connectivity index (χ1n) is 5.32. The molecule has 1 atom stereocenters. The summed E-state index contributed by atoms with van der Waals surface area (Å²) in [4.78, 5) is 11.2. The maximum atomic E-state index is 13.8. The van der Waals surface area contributed by atoms with E-state index in [1.807, 2.05) is 13.8 Å². The number of hydrogen-bond donors (Lipinski definition) is 2. The maximum Gasteiger partial charge on any atom is 0.407 e. The Bertz CT molecular complexity index is 465. The number of aromatic hydroxyl groups is 1. The number of hydrogen-bond acceptors (Lipinski definition) is 3. The van der Waals surface area contributed by atoms with Crippen molar-refractivity contribution in [1.29, 1.82) is 0 Å². The van der Waals surface area contributed by atoms with Gasteiger partial charge in [0.25, 0.3) is 0 Å². The molecule has 18 heavy (non-hydrogen) atoms. The summed E-state index contributed by atoms with van der Waals surface area (Å²) in [5.41, 5.74) is -0.0596. The molecule has 0 aliphatic carbocycles. The minimum Gasteiger partial charge on any atom is -0.508 e. The number of halogens is 2. The highest BCUT2D eigenvalue weighted by molar-refractivity contribution is 5.85. The number of rotatable bonds is 1. The molecule has 2 rings (SSSR count). The molecule has 1 aliphatic heterocycles. The van der Waals surface area contributed by atoms with E-state index in [1.165, 1.54) is 12.1 Å². The molecule has 0 aromatic heterocycles. The van der Waals surface area contributed by atoms with Crippen molar-refractivity contribution in [2.24, 2.45) is 5.41 Å². The van der Waals surface area contributed by atoms with Crippen molar-refractivity contribution in [2.75, 3.05) is 6.61 Å². The number of benzene rings is 1. The summed E-state index contributed by atoms with van der Waals surface area (Å²) in [5.74, 6) is -0.673. The van der Waals surface area contributed by atoms with E-state index in [0.29, 0.717) is 5.56 Å². The number of nitrogens with one attached hydrogen (secondary N) is 1. The lowest BCUT2D eigenvalue weighted by molar-refractivity contribution is 0.0377. The van der Waals surface area contributed by atoms with Crippen LogP contribution in [0.2, 0.25) is 0 Å². The third-order valence-corrected chi connectivity index (χ3v) is 2.91. The first-order valence-corrected chi connectivity index (χ1v) is 5.32. The topological polar surface area (TPSA) is 58.6 Å². The highest BCUT2D eigenvalue weighted by Crippen LogP contribution is 2.37. The van der Waals surface area contributed by atoms with Crippen LogP contribution in [0.3, 0.4) is 0 Å². The molecule has 4 nitrogen and oxygen atoms in total. The fourth-order valence-electron chi connectivity index (χ4n) is 1.94. The fourth-order valence-corrected chi connectivity index (χ4v) is 1.94. The third-order valence-electron chi connectivity index (χ3n) is 2.91. The Hall–Kier alpha value is -1.49. The molecular formula is C12H15ClFNO3. The maximum absolute atomic E-state index is 13.8. The minimum absolute atomic E-state index is 0. The average Bonchev–Trinajstić information content (AvgIpc) is 2.23. The predicted molar refractivity (Wildman–Crippen MR) is 66.3 cm³/mol. The number of phenolic OH excluding ortho intramolecular Hbond substituents is 1. The fraction of sp³-hybridized carbons (Fsp3) is 0.417. The van der Waals surface area contributed by atoms with Gasteiger partial charge in [-0.3, -0.25) is 0 Å². The van der Waals surface area contributed by atoms with Gasteiger partial charge in [0.15, 0.2) is 0 Å². The standard InChI is InChI=1S/C12H14FNO3.ClH/c1-12(2)6-17-11(16)14-10(12)8-4-3-7(15)5-9(8)13;/h3-5,10,15H,6H2,1-2H3,(H,14,16);1H/t10-;/m0./s1. The van der Waals surface area contributed by atoms with Gasteiger partial charge in [-0.1, -0.05) is 19.9 Å². The number of phenols is 1. The zero-order valence-electron chi connectivity index (χ0n) is 10.1. The van der Waals surface area contributed by atoms with Gasteiger partial charge in [0.1, 0.15) is 18.2 Å². The third kappa shape index (κ3) is 2.67. The van der Waals surface area contributed by atoms with E-state index in [1.54, 1.807) is 0 Å². The summed E-state index contributed by atoms with van der Waals surface area (Å²) in [5, 5.41) is 11.8. The molecule has 1 saturated heterocycles. The molecule has 6 heteroatoms. The number of amides is 1. The summed E-state index contributed by atoms with van der Waals surface area (Å²) < 4.78 is 18.6. The average molecular weight is 276 g/mol. The molecule has 1 amide bonds. The van der Waals surface area contributed by atoms with Crippen molar-refractivity contribution in [2.45, 2.75) is 19.9 Å². The Morgan fingerprint density at radius 1 is 1.50 bits per heavy atom.